The standard InChI is InChI=1S/C22H27N5O2S/c1-14-11-18(25-21(29)22(3,4)5)30-19(14)20(28)26(6)15(2)16-7-9-17(10-8-16)27-13-23-12-24-27/h7-13,15H,1-6H3,(H,25,29)/t15-/m1/s1. The van der Waals surface area contributed by atoms with E-state index in [1.165, 1.54) is 17.7 Å². The highest BCUT2D eigenvalue weighted by atomic mass is 32.1. The average molecular weight is 426 g/mol. The lowest BCUT2D eigenvalue weighted by Gasteiger charge is -2.25. The van der Waals surface area contributed by atoms with E-state index in [2.05, 4.69) is 15.4 Å². The summed E-state index contributed by atoms with van der Waals surface area (Å²) < 4.78 is 1.69. The monoisotopic (exact) mass is 425 g/mol. The zero-order chi connectivity index (χ0) is 22.1. The summed E-state index contributed by atoms with van der Waals surface area (Å²) in [7, 11) is 1.80. The maximum atomic E-state index is 13.1. The number of nitrogens with zero attached hydrogens (tertiary/aromatic N) is 4. The highest BCUT2D eigenvalue weighted by Crippen LogP contribution is 2.31. The van der Waals surface area contributed by atoms with E-state index in [9.17, 15) is 9.59 Å². The molecular formula is C22H27N5O2S. The van der Waals surface area contributed by atoms with Crippen LogP contribution in [0.5, 0.6) is 0 Å². The number of nitrogens with one attached hydrogen (secondary N) is 1. The first kappa shape index (κ1) is 21.7. The Bertz CT molecular complexity index is 1030. The molecule has 2 aromatic heterocycles. The van der Waals surface area contributed by atoms with Gasteiger partial charge in [0, 0.05) is 12.5 Å². The minimum Gasteiger partial charge on any atom is -0.334 e. The number of carbonyl (C=O) groups is 2. The first-order valence-electron chi connectivity index (χ1n) is 9.72. The smallest absolute Gasteiger partial charge is 0.264 e. The zero-order valence-electron chi connectivity index (χ0n) is 18.1. The van der Waals surface area contributed by atoms with Gasteiger partial charge >= 0.3 is 0 Å². The third-order valence-electron chi connectivity index (χ3n) is 4.99. The number of amides is 2. The second-order valence-corrected chi connectivity index (χ2v) is 9.40. The summed E-state index contributed by atoms with van der Waals surface area (Å²) >= 11 is 1.31. The molecule has 0 unspecified atom stereocenters. The average Bonchev–Trinajstić information content (AvgIpc) is 3.35. The summed E-state index contributed by atoms with van der Waals surface area (Å²) in [4.78, 5) is 31.7. The molecular weight excluding hydrogens is 398 g/mol. The van der Waals surface area contributed by atoms with Crippen LogP contribution in [0.4, 0.5) is 5.00 Å². The molecule has 0 bridgehead atoms. The van der Waals surface area contributed by atoms with Crippen LogP contribution in [-0.4, -0.2) is 38.5 Å². The topological polar surface area (TPSA) is 80.1 Å². The molecule has 3 rings (SSSR count). The van der Waals surface area contributed by atoms with Crippen LogP contribution in [-0.2, 0) is 4.79 Å². The number of aromatic nitrogens is 3. The van der Waals surface area contributed by atoms with E-state index in [1.807, 2.05) is 65.0 Å². The Balaban J connectivity index is 1.74. The van der Waals surface area contributed by atoms with Crippen molar-refractivity contribution in [1.29, 1.82) is 0 Å². The molecule has 0 saturated heterocycles. The fourth-order valence-electron chi connectivity index (χ4n) is 2.86. The van der Waals surface area contributed by atoms with Crippen LogP contribution in [0.3, 0.4) is 0 Å². The van der Waals surface area contributed by atoms with Gasteiger partial charge in [-0.05, 0) is 43.2 Å². The van der Waals surface area contributed by atoms with E-state index >= 15 is 0 Å². The van der Waals surface area contributed by atoms with Crippen molar-refractivity contribution < 1.29 is 9.59 Å². The summed E-state index contributed by atoms with van der Waals surface area (Å²) in [6.07, 6.45) is 3.13. The summed E-state index contributed by atoms with van der Waals surface area (Å²) in [6, 6.07) is 9.62. The van der Waals surface area contributed by atoms with Crippen LogP contribution in [0.25, 0.3) is 5.69 Å². The maximum absolute atomic E-state index is 13.1. The molecule has 0 saturated carbocycles. The number of hydrogen-bond acceptors (Lipinski definition) is 5. The van der Waals surface area contributed by atoms with Gasteiger partial charge in [-0.25, -0.2) is 9.67 Å². The lowest BCUT2D eigenvalue weighted by Crippen LogP contribution is -2.29. The fourth-order valence-corrected chi connectivity index (χ4v) is 3.91. The van der Waals surface area contributed by atoms with E-state index in [4.69, 9.17) is 0 Å². The van der Waals surface area contributed by atoms with Crippen LogP contribution < -0.4 is 5.32 Å². The Morgan fingerprint density at radius 3 is 2.43 bits per heavy atom. The summed E-state index contributed by atoms with van der Waals surface area (Å²) in [6.45, 7) is 9.46. The minimum absolute atomic E-state index is 0.0680. The first-order valence-corrected chi connectivity index (χ1v) is 10.5. The number of carbonyl (C=O) groups excluding carboxylic acids is 2. The molecule has 7 nitrogen and oxygen atoms in total. The van der Waals surface area contributed by atoms with Crippen molar-refractivity contribution in [2.45, 2.75) is 40.7 Å². The van der Waals surface area contributed by atoms with Crippen molar-refractivity contribution in [1.82, 2.24) is 19.7 Å². The zero-order valence-corrected chi connectivity index (χ0v) is 18.9. The van der Waals surface area contributed by atoms with Crippen LogP contribution in [0.15, 0.2) is 43.0 Å². The Kier molecular flexibility index (Phi) is 6.07. The van der Waals surface area contributed by atoms with Crippen LogP contribution in [0, 0.1) is 12.3 Å². The van der Waals surface area contributed by atoms with E-state index in [1.54, 1.807) is 23.0 Å². The molecule has 8 heteroatoms. The number of benzene rings is 1. The van der Waals surface area contributed by atoms with Crippen molar-refractivity contribution in [3.05, 3.63) is 59.0 Å². The Labute approximate surface area is 180 Å². The number of hydrogen-bond donors (Lipinski definition) is 1. The molecule has 2 heterocycles. The molecule has 0 aliphatic carbocycles. The number of thiophene rings is 1. The number of anilines is 1. The lowest BCUT2D eigenvalue weighted by atomic mass is 9.96. The van der Waals surface area contributed by atoms with Gasteiger partial charge in [0.2, 0.25) is 5.91 Å². The van der Waals surface area contributed by atoms with Crippen LogP contribution in [0.1, 0.15) is 54.5 Å². The van der Waals surface area contributed by atoms with Crippen molar-refractivity contribution in [2.24, 2.45) is 5.41 Å². The van der Waals surface area contributed by atoms with E-state index in [-0.39, 0.29) is 17.9 Å². The van der Waals surface area contributed by atoms with Crippen molar-refractivity contribution in [2.75, 3.05) is 12.4 Å². The molecule has 30 heavy (non-hydrogen) atoms. The molecule has 0 fully saturated rings. The third-order valence-corrected chi connectivity index (χ3v) is 6.13. The lowest BCUT2D eigenvalue weighted by molar-refractivity contribution is -0.123. The van der Waals surface area contributed by atoms with Gasteiger partial charge in [-0.15, -0.1) is 11.3 Å². The first-order chi connectivity index (χ1) is 14.1. The fraction of sp³-hybridized carbons (Fsp3) is 0.364. The summed E-state index contributed by atoms with van der Waals surface area (Å²) in [5, 5.41) is 7.73. The highest BCUT2D eigenvalue weighted by molar-refractivity contribution is 7.18. The van der Waals surface area contributed by atoms with Crippen molar-refractivity contribution >= 4 is 28.2 Å². The van der Waals surface area contributed by atoms with Gasteiger partial charge in [0.15, 0.2) is 0 Å². The highest BCUT2D eigenvalue weighted by Gasteiger charge is 2.25. The summed E-state index contributed by atoms with van der Waals surface area (Å²) in [5.74, 6) is -0.140. The third kappa shape index (κ3) is 4.59. The predicted octanol–water partition coefficient (Wildman–Crippen LogP) is 4.46. The molecule has 0 aliphatic rings. The molecule has 2 amide bonds. The van der Waals surface area contributed by atoms with Gasteiger partial charge in [-0.2, -0.15) is 5.10 Å². The van der Waals surface area contributed by atoms with E-state index < -0.39 is 5.41 Å². The molecule has 0 spiro atoms. The Hall–Kier alpha value is -3.00. The second-order valence-electron chi connectivity index (χ2n) is 8.35. The van der Waals surface area contributed by atoms with Crippen molar-refractivity contribution in [3.8, 4) is 5.69 Å². The normalized spacial score (nSPS) is 12.5. The van der Waals surface area contributed by atoms with Gasteiger partial charge in [0.25, 0.3) is 5.91 Å². The SMILES string of the molecule is Cc1cc(NC(=O)C(C)(C)C)sc1C(=O)N(C)[C@H](C)c1ccc(-n2cncn2)cc1. The molecule has 158 valence electrons. The molecule has 0 radical (unpaired) electrons. The van der Waals surface area contributed by atoms with E-state index in [0.717, 1.165) is 16.8 Å². The van der Waals surface area contributed by atoms with Crippen molar-refractivity contribution in [3.63, 3.8) is 0 Å². The molecule has 1 N–H and O–H groups in total. The molecule has 1 atom stereocenters. The van der Waals surface area contributed by atoms with Gasteiger partial charge in [0.1, 0.15) is 12.7 Å². The molecule has 0 aliphatic heterocycles. The van der Waals surface area contributed by atoms with Gasteiger partial charge < -0.3 is 10.2 Å². The van der Waals surface area contributed by atoms with Gasteiger partial charge in [-0.3, -0.25) is 9.59 Å². The molecule has 3 aromatic rings. The second kappa shape index (κ2) is 8.39. The quantitative estimate of drug-likeness (QED) is 0.655. The molecule has 1 aromatic carbocycles. The maximum Gasteiger partial charge on any atom is 0.264 e. The van der Waals surface area contributed by atoms with Gasteiger partial charge in [-0.1, -0.05) is 32.9 Å². The Morgan fingerprint density at radius 1 is 1.20 bits per heavy atom. The summed E-state index contributed by atoms with van der Waals surface area (Å²) in [5.41, 5.74) is 2.29. The largest absolute Gasteiger partial charge is 0.334 e. The number of rotatable bonds is 5. The van der Waals surface area contributed by atoms with Gasteiger partial charge in [0.05, 0.1) is 21.6 Å². The van der Waals surface area contributed by atoms with Crippen LogP contribution in [0.2, 0.25) is 0 Å². The van der Waals surface area contributed by atoms with E-state index in [0.29, 0.717) is 9.88 Å². The Morgan fingerprint density at radius 2 is 1.87 bits per heavy atom. The van der Waals surface area contributed by atoms with Crippen LogP contribution >= 0.6 is 11.3 Å². The minimum atomic E-state index is -0.494. The predicted molar refractivity (Wildman–Crippen MR) is 119 cm³/mol. The number of aryl methyl sites for hydroxylation is 1.